The molecule has 1 aromatic carbocycles. The van der Waals surface area contributed by atoms with Crippen molar-refractivity contribution in [3.63, 3.8) is 0 Å². The van der Waals surface area contributed by atoms with Crippen LogP contribution in [0.1, 0.15) is 28.6 Å². The molecule has 126 valence electrons. The normalized spacial score (nSPS) is 20.4. The van der Waals surface area contributed by atoms with Crippen LogP contribution in [-0.2, 0) is 4.79 Å². The fourth-order valence-corrected chi connectivity index (χ4v) is 4.30. The van der Waals surface area contributed by atoms with Gasteiger partial charge in [0.2, 0.25) is 0 Å². The minimum atomic E-state index is -0.849. The Hall–Kier alpha value is -1.85. The van der Waals surface area contributed by atoms with Crippen LogP contribution in [0, 0.1) is 12.3 Å². The summed E-state index contributed by atoms with van der Waals surface area (Å²) in [6.07, 6.45) is 0.486. The highest BCUT2D eigenvalue weighted by atomic mass is 35.5. The maximum absolute atomic E-state index is 12.7. The number of carbonyl (C=O) groups is 2. The number of carboxylic acid groups (broad SMARTS) is 1. The van der Waals surface area contributed by atoms with Gasteiger partial charge in [0, 0.05) is 23.0 Å². The predicted molar refractivity (Wildman–Crippen MR) is 95.8 cm³/mol. The zero-order valence-electron chi connectivity index (χ0n) is 13.5. The molecule has 1 aromatic heterocycles. The maximum atomic E-state index is 12.7. The molecular formula is C18H18ClNO3S. The first-order valence-corrected chi connectivity index (χ1v) is 8.89. The third-order valence-corrected chi connectivity index (χ3v) is 6.00. The predicted octanol–water partition coefficient (Wildman–Crippen LogP) is 4.31. The number of carbonyl (C=O) groups excluding carboxylic acids is 1. The zero-order valence-corrected chi connectivity index (χ0v) is 15.1. The number of hydrogen-bond acceptors (Lipinski definition) is 3. The minimum Gasteiger partial charge on any atom is -0.481 e. The van der Waals surface area contributed by atoms with Gasteiger partial charge in [0.1, 0.15) is 0 Å². The van der Waals surface area contributed by atoms with Gasteiger partial charge in [-0.15, -0.1) is 11.3 Å². The Labute approximate surface area is 149 Å². The molecule has 24 heavy (non-hydrogen) atoms. The molecule has 0 spiro atoms. The number of aryl methyl sites for hydroxylation is 1. The second-order valence-electron chi connectivity index (χ2n) is 6.48. The van der Waals surface area contributed by atoms with Crippen LogP contribution in [0.5, 0.6) is 0 Å². The molecule has 1 N–H and O–H groups in total. The van der Waals surface area contributed by atoms with Gasteiger partial charge in [0.15, 0.2) is 0 Å². The van der Waals surface area contributed by atoms with Gasteiger partial charge in [0.05, 0.1) is 10.3 Å². The molecule has 0 bridgehead atoms. The third-order valence-electron chi connectivity index (χ3n) is 4.49. The molecule has 6 heteroatoms. The van der Waals surface area contributed by atoms with Crippen LogP contribution in [0.4, 0.5) is 0 Å². The van der Waals surface area contributed by atoms with Crippen molar-refractivity contribution in [2.75, 3.05) is 13.1 Å². The number of thiophene rings is 1. The van der Waals surface area contributed by atoms with Crippen molar-refractivity contribution in [1.82, 2.24) is 4.90 Å². The highest BCUT2D eigenvalue weighted by Gasteiger charge is 2.42. The molecule has 1 atom stereocenters. The maximum Gasteiger partial charge on any atom is 0.311 e. The monoisotopic (exact) mass is 363 g/mol. The summed E-state index contributed by atoms with van der Waals surface area (Å²) in [5.74, 6) is -0.943. The molecule has 1 amide bonds. The highest BCUT2D eigenvalue weighted by Crippen LogP contribution is 2.36. The van der Waals surface area contributed by atoms with Crippen LogP contribution >= 0.6 is 22.9 Å². The Balaban J connectivity index is 1.85. The van der Waals surface area contributed by atoms with Crippen molar-refractivity contribution in [3.8, 4) is 10.4 Å². The molecule has 2 aromatic rings. The van der Waals surface area contributed by atoms with Crippen molar-refractivity contribution >= 4 is 34.8 Å². The first kappa shape index (κ1) is 17.0. The number of amides is 1. The largest absolute Gasteiger partial charge is 0.481 e. The molecule has 1 aliphatic heterocycles. The van der Waals surface area contributed by atoms with Crippen molar-refractivity contribution < 1.29 is 14.7 Å². The van der Waals surface area contributed by atoms with E-state index in [4.69, 9.17) is 11.6 Å². The first-order valence-electron chi connectivity index (χ1n) is 7.69. The standard InChI is InChI=1S/C18H18ClNO3S/c1-11-8-14(24-15(11)12-4-3-5-13(19)9-12)16(21)20-7-6-18(2,10-20)17(22)23/h3-5,8-9H,6-7,10H2,1-2H3,(H,22,23). The lowest BCUT2D eigenvalue weighted by atomic mass is 9.90. The summed E-state index contributed by atoms with van der Waals surface area (Å²) in [7, 11) is 0. The van der Waals surface area contributed by atoms with Crippen molar-refractivity contribution in [2.45, 2.75) is 20.3 Å². The fraction of sp³-hybridized carbons (Fsp3) is 0.333. The van der Waals surface area contributed by atoms with Gasteiger partial charge in [-0.25, -0.2) is 0 Å². The van der Waals surface area contributed by atoms with Gasteiger partial charge in [0.25, 0.3) is 5.91 Å². The van der Waals surface area contributed by atoms with Crippen molar-refractivity contribution in [3.05, 3.63) is 45.8 Å². The first-order chi connectivity index (χ1) is 11.3. The lowest BCUT2D eigenvalue weighted by molar-refractivity contribution is -0.147. The average molecular weight is 364 g/mol. The Morgan fingerprint density at radius 3 is 2.71 bits per heavy atom. The van der Waals surface area contributed by atoms with Gasteiger partial charge in [-0.1, -0.05) is 23.7 Å². The number of aliphatic carboxylic acids is 1. The molecule has 4 nitrogen and oxygen atoms in total. The molecular weight excluding hydrogens is 346 g/mol. The van der Waals surface area contributed by atoms with E-state index >= 15 is 0 Å². The van der Waals surface area contributed by atoms with Gasteiger partial charge in [-0.05, 0) is 49.6 Å². The molecule has 0 aliphatic carbocycles. The summed E-state index contributed by atoms with van der Waals surface area (Å²) in [4.78, 5) is 27.4. The van der Waals surface area contributed by atoms with Crippen molar-refractivity contribution in [2.24, 2.45) is 5.41 Å². The number of rotatable bonds is 3. The van der Waals surface area contributed by atoms with E-state index in [-0.39, 0.29) is 12.5 Å². The Morgan fingerprint density at radius 2 is 2.08 bits per heavy atom. The van der Waals surface area contributed by atoms with Gasteiger partial charge in [-0.3, -0.25) is 9.59 Å². The number of halogens is 1. The van der Waals surface area contributed by atoms with E-state index in [0.29, 0.717) is 22.9 Å². The summed E-state index contributed by atoms with van der Waals surface area (Å²) in [6.45, 7) is 4.39. The minimum absolute atomic E-state index is 0.0960. The summed E-state index contributed by atoms with van der Waals surface area (Å²) in [5, 5.41) is 9.98. The topological polar surface area (TPSA) is 57.6 Å². The number of hydrogen-bond donors (Lipinski definition) is 1. The molecule has 3 rings (SSSR count). The molecule has 2 heterocycles. The summed E-state index contributed by atoms with van der Waals surface area (Å²) in [5.41, 5.74) is 1.16. The van der Waals surface area contributed by atoms with Gasteiger partial charge >= 0.3 is 5.97 Å². The third kappa shape index (κ3) is 3.06. The van der Waals surface area contributed by atoms with Crippen LogP contribution in [-0.4, -0.2) is 35.0 Å². The van der Waals surface area contributed by atoms with Crippen molar-refractivity contribution in [1.29, 1.82) is 0 Å². The second-order valence-corrected chi connectivity index (χ2v) is 7.96. The smallest absolute Gasteiger partial charge is 0.311 e. The Morgan fingerprint density at radius 1 is 1.33 bits per heavy atom. The summed E-state index contributed by atoms with van der Waals surface area (Å²) >= 11 is 7.48. The van der Waals surface area contributed by atoms with E-state index in [9.17, 15) is 14.7 Å². The van der Waals surface area contributed by atoms with Gasteiger partial charge in [-0.2, -0.15) is 0 Å². The molecule has 1 unspecified atom stereocenters. The van der Waals surface area contributed by atoms with Crippen LogP contribution in [0.2, 0.25) is 5.02 Å². The number of likely N-dealkylation sites (tertiary alicyclic amines) is 1. The van der Waals surface area contributed by atoms with E-state index in [1.54, 1.807) is 11.8 Å². The Bertz CT molecular complexity index is 816. The lowest BCUT2D eigenvalue weighted by Crippen LogP contribution is -2.34. The quantitative estimate of drug-likeness (QED) is 0.883. The van der Waals surface area contributed by atoms with E-state index in [1.807, 2.05) is 37.3 Å². The van der Waals surface area contributed by atoms with Gasteiger partial charge < -0.3 is 10.0 Å². The summed E-state index contributed by atoms with van der Waals surface area (Å²) in [6, 6.07) is 9.43. The zero-order chi connectivity index (χ0) is 17.5. The van der Waals surface area contributed by atoms with Crippen LogP contribution in [0.3, 0.4) is 0 Å². The van der Waals surface area contributed by atoms with Crippen LogP contribution in [0.15, 0.2) is 30.3 Å². The van der Waals surface area contributed by atoms with Crippen LogP contribution in [0.25, 0.3) is 10.4 Å². The van der Waals surface area contributed by atoms with E-state index < -0.39 is 11.4 Å². The SMILES string of the molecule is Cc1cc(C(=O)N2CCC(C)(C(=O)O)C2)sc1-c1cccc(Cl)c1. The molecule has 1 aliphatic rings. The molecule has 1 fully saturated rings. The van der Waals surface area contributed by atoms with E-state index in [1.165, 1.54) is 11.3 Å². The second kappa shape index (κ2) is 6.22. The van der Waals surface area contributed by atoms with E-state index in [0.717, 1.165) is 16.0 Å². The van der Waals surface area contributed by atoms with Crippen LogP contribution < -0.4 is 0 Å². The number of carboxylic acids is 1. The summed E-state index contributed by atoms with van der Waals surface area (Å²) < 4.78 is 0. The van der Waals surface area contributed by atoms with E-state index in [2.05, 4.69) is 0 Å². The number of nitrogens with zero attached hydrogens (tertiary/aromatic N) is 1. The number of benzene rings is 1. The Kier molecular flexibility index (Phi) is 4.40. The molecule has 0 saturated carbocycles. The molecule has 0 radical (unpaired) electrons. The average Bonchev–Trinajstić information content (AvgIpc) is 3.11. The molecule has 1 saturated heterocycles. The lowest BCUT2D eigenvalue weighted by Gasteiger charge is -2.19. The fourth-order valence-electron chi connectivity index (χ4n) is 2.97. The highest BCUT2D eigenvalue weighted by molar-refractivity contribution is 7.17.